The normalized spacial score (nSPS) is 11.9. The van der Waals surface area contributed by atoms with Gasteiger partial charge in [0.1, 0.15) is 18.4 Å². The van der Waals surface area contributed by atoms with Crippen LogP contribution >= 0.6 is 0 Å². The van der Waals surface area contributed by atoms with E-state index in [4.69, 9.17) is 0 Å². The Labute approximate surface area is 240 Å². The van der Waals surface area contributed by atoms with Crippen molar-refractivity contribution in [3.05, 3.63) is 132 Å². The highest BCUT2D eigenvalue weighted by molar-refractivity contribution is 7.92. The topological polar surface area (TPSA) is 86.8 Å². The lowest BCUT2D eigenvalue weighted by Gasteiger charge is -2.33. The number of amides is 2. The molecule has 0 unspecified atom stereocenters. The maximum absolute atomic E-state index is 14.2. The van der Waals surface area contributed by atoms with Crippen molar-refractivity contribution in [1.29, 1.82) is 0 Å². The minimum absolute atomic E-state index is 0.0190. The molecule has 0 bridgehead atoms. The van der Waals surface area contributed by atoms with Crippen LogP contribution in [0, 0.1) is 12.7 Å². The molecule has 1 atom stereocenters. The van der Waals surface area contributed by atoms with Crippen LogP contribution in [0.4, 0.5) is 10.1 Å². The molecular formula is C32H32FN3O4S. The highest BCUT2D eigenvalue weighted by Gasteiger charge is 2.34. The second kappa shape index (κ2) is 13.2. The highest BCUT2D eigenvalue weighted by Crippen LogP contribution is 2.25. The monoisotopic (exact) mass is 573 g/mol. The molecule has 0 aliphatic rings. The number of anilines is 1. The zero-order chi connectivity index (χ0) is 29.4. The summed E-state index contributed by atoms with van der Waals surface area (Å²) in [6, 6.07) is 28.6. The van der Waals surface area contributed by atoms with Gasteiger partial charge in [0.05, 0.1) is 10.6 Å². The predicted molar refractivity (Wildman–Crippen MR) is 157 cm³/mol. The van der Waals surface area contributed by atoms with Gasteiger partial charge < -0.3 is 10.2 Å². The zero-order valence-corrected chi connectivity index (χ0v) is 23.7. The Morgan fingerprint density at radius 3 is 2.05 bits per heavy atom. The van der Waals surface area contributed by atoms with Gasteiger partial charge in [-0.2, -0.15) is 0 Å². The largest absolute Gasteiger partial charge is 0.357 e. The van der Waals surface area contributed by atoms with Crippen LogP contribution in [0.15, 0.2) is 114 Å². The van der Waals surface area contributed by atoms with Crippen LogP contribution in [0.3, 0.4) is 0 Å². The number of halogens is 1. The van der Waals surface area contributed by atoms with Crippen molar-refractivity contribution >= 4 is 27.5 Å². The maximum Gasteiger partial charge on any atom is 0.264 e. The molecule has 4 aromatic rings. The van der Waals surface area contributed by atoms with Crippen molar-refractivity contribution in [1.82, 2.24) is 10.2 Å². The molecule has 7 nitrogen and oxygen atoms in total. The van der Waals surface area contributed by atoms with Gasteiger partial charge in [0.15, 0.2) is 0 Å². The summed E-state index contributed by atoms with van der Waals surface area (Å²) in [7, 11) is -2.72. The van der Waals surface area contributed by atoms with E-state index in [0.717, 1.165) is 33.1 Å². The van der Waals surface area contributed by atoms with E-state index in [1.54, 1.807) is 18.2 Å². The molecule has 0 saturated carbocycles. The van der Waals surface area contributed by atoms with Crippen molar-refractivity contribution in [2.24, 2.45) is 0 Å². The fourth-order valence-corrected chi connectivity index (χ4v) is 6.02. The second-order valence-electron chi connectivity index (χ2n) is 9.63. The Balaban J connectivity index is 1.78. The number of rotatable bonds is 11. The van der Waals surface area contributed by atoms with Gasteiger partial charge in [-0.3, -0.25) is 13.9 Å². The van der Waals surface area contributed by atoms with Gasteiger partial charge in [0, 0.05) is 20.0 Å². The molecule has 0 fully saturated rings. The first-order valence-electron chi connectivity index (χ1n) is 13.1. The molecule has 0 heterocycles. The van der Waals surface area contributed by atoms with Crippen molar-refractivity contribution in [3.63, 3.8) is 0 Å². The minimum atomic E-state index is -4.22. The van der Waals surface area contributed by atoms with E-state index in [2.05, 4.69) is 5.32 Å². The number of hydrogen-bond acceptors (Lipinski definition) is 4. The van der Waals surface area contributed by atoms with Crippen molar-refractivity contribution in [2.75, 3.05) is 17.9 Å². The summed E-state index contributed by atoms with van der Waals surface area (Å²) >= 11 is 0. The minimum Gasteiger partial charge on any atom is -0.357 e. The zero-order valence-electron chi connectivity index (χ0n) is 22.9. The van der Waals surface area contributed by atoms with E-state index < -0.39 is 34.3 Å². The summed E-state index contributed by atoms with van der Waals surface area (Å²) in [5.41, 5.74) is 2.74. The van der Waals surface area contributed by atoms with Crippen LogP contribution in [0.2, 0.25) is 0 Å². The highest BCUT2D eigenvalue weighted by atomic mass is 32.2. The maximum atomic E-state index is 14.2. The number of benzene rings is 4. The number of nitrogens with zero attached hydrogens (tertiary/aromatic N) is 2. The van der Waals surface area contributed by atoms with Gasteiger partial charge in [0.25, 0.3) is 10.0 Å². The third kappa shape index (κ3) is 7.37. The Bertz CT molecular complexity index is 1580. The molecule has 0 spiro atoms. The summed E-state index contributed by atoms with van der Waals surface area (Å²) in [4.78, 5) is 28.8. The first-order valence-corrected chi connectivity index (χ1v) is 14.6. The van der Waals surface area contributed by atoms with E-state index >= 15 is 0 Å². The van der Waals surface area contributed by atoms with E-state index in [9.17, 15) is 22.4 Å². The van der Waals surface area contributed by atoms with Crippen LogP contribution in [-0.4, -0.2) is 44.8 Å². The fourth-order valence-electron chi connectivity index (χ4n) is 4.58. The Morgan fingerprint density at radius 2 is 1.44 bits per heavy atom. The number of hydrogen-bond donors (Lipinski definition) is 1. The fraction of sp³-hybridized carbons (Fsp3) is 0.188. The molecule has 2 amide bonds. The lowest BCUT2D eigenvalue weighted by atomic mass is 10.0. The second-order valence-corrected chi connectivity index (χ2v) is 11.5. The van der Waals surface area contributed by atoms with Crippen molar-refractivity contribution in [2.45, 2.75) is 30.8 Å². The van der Waals surface area contributed by atoms with Gasteiger partial charge in [-0.1, -0.05) is 78.4 Å². The number of likely N-dealkylation sites (N-methyl/N-ethyl adjacent to an activating group) is 1. The van der Waals surface area contributed by atoms with Gasteiger partial charge in [-0.25, -0.2) is 12.8 Å². The molecule has 0 aromatic heterocycles. The summed E-state index contributed by atoms with van der Waals surface area (Å²) < 4.78 is 42.4. The first kappa shape index (κ1) is 29.5. The van der Waals surface area contributed by atoms with Gasteiger partial charge in [-0.15, -0.1) is 0 Å². The van der Waals surface area contributed by atoms with E-state index in [0.29, 0.717) is 0 Å². The first-order chi connectivity index (χ1) is 19.7. The number of nitrogens with one attached hydrogen (secondary N) is 1. The summed E-state index contributed by atoms with van der Waals surface area (Å²) in [6.45, 7) is 1.41. The third-order valence-corrected chi connectivity index (χ3v) is 8.47. The lowest BCUT2D eigenvalue weighted by molar-refractivity contribution is -0.139. The average Bonchev–Trinajstić information content (AvgIpc) is 2.98. The van der Waals surface area contributed by atoms with Crippen LogP contribution in [0.25, 0.3) is 0 Å². The van der Waals surface area contributed by atoms with Crippen LogP contribution in [-0.2, 0) is 32.6 Å². The Kier molecular flexibility index (Phi) is 9.52. The molecule has 41 heavy (non-hydrogen) atoms. The molecule has 0 saturated heterocycles. The molecule has 4 aromatic carbocycles. The van der Waals surface area contributed by atoms with Crippen LogP contribution in [0.1, 0.15) is 16.7 Å². The molecule has 0 radical (unpaired) electrons. The van der Waals surface area contributed by atoms with Crippen molar-refractivity contribution < 1.29 is 22.4 Å². The molecule has 0 aliphatic carbocycles. The van der Waals surface area contributed by atoms with Crippen LogP contribution in [0.5, 0.6) is 0 Å². The predicted octanol–water partition coefficient (Wildman–Crippen LogP) is 4.72. The third-order valence-electron chi connectivity index (χ3n) is 6.68. The van der Waals surface area contributed by atoms with Gasteiger partial charge >= 0.3 is 0 Å². The van der Waals surface area contributed by atoms with E-state index in [1.807, 2.05) is 61.5 Å². The van der Waals surface area contributed by atoms with Crippen molar-refractivity contribution in [3.8, 4) is 0 Å². The Morgan fingerprint density at radius 1 is 0.829 bits per heavy atom. The average molecular weight is 574 g/mol. The summed E-state index contributed by atoms with van der Waals surface area (Å²) in [5, 5.41) is 2.66. The lowest BCUT2D eigenvalue weighted by Crippen LogP contribution is -2.53. The van der Waals surface area contributed by atoms with Gasteiger partial charge in [0.2, 0.25) is 11.8 Å². The molecule has 9 heteroatoms. The number of aryl methyl sites for hydroxylation is 1. The smallest absolute Gasteiger partial charge is 0.264 e. The van der Waals surface area contributed by atoms with Gasteiger partial charge in [-0.05, 0) is 54.4 Å². The van der Waals surface area contributed by atoms with E-state index in [1.165, 1.54) is 36.2 Å². The van der Waals surface area contributed by atoms with E-state index in [-0.39, 0.29) is 29.5 Å². The summed E-state index contributed by atoms with van der Waals surface area (Å²) in [6.07, 6.45) is 0.222. The number of sulfonamides is 1. The number of carbonyl (C=O) groups excluding carboxylic acids is 2. The molecular weight excluding hydrogens is 541 g/mol. The summed E-state index contributed by atoms with van der Waals surface area (Å²) in [5.74, 6) is -1.50. The SMILES string of the molecule is CNC(=O)[C@@H](Cc1ccccc1)N(Cc1cccc(C)c1)C(=O)CN(c1ccc(F)cc1)S(=O)(=O)c1ccccc1. The van der Waals surface area contributed by atoms with Crippen LogP contribution < -0.4 is 9.62 Å². The number of carbonyl (C=O) groups is 2. The quantitative estimate of drug-likeness (QED) is 0.282. The standard InChI is InChI=1S/C32H32FN3O4S/c1-24-10-9-13-26(20-24)22-35(30(32(38)34-2)21-25-11-5-3-6-12-25)31(37)23-36(28-18-16-27(33)17-19-28)41(39,40)29-14-7-4-8-15-29/h3-20,30H,21-23H2,1-2H3,(H,34,38)/t30-/m1/s1. The molecule has 1 N–H and O–H groups in total. The molecule has 0 aliphatic heterocycles. The molecule has 212 valence electrons. The Hall–Kier alpha value is -4.50. The molecule has 4 rings (SSSR count).